The molecule has 1 N–H and O–H groups in total. The molecule has 29 heavy (non-hydrogen) atoms. The van der Waals surface area contributed by atoms with Crippen molar-refractivity contribution in [2.45, 2.75) is 39.1 Å². The van der Waals surface area contributed by atoms with Crippen molar-refractivity contribution >= 4 is 5.91 Å². The molecule has 1 amide bonds. The molecule has 1 unspecified atom stereocenters. The van der Waals surface area contributed by atoms with Crippen molar-refractivity contribution in [2.75, 3.05) is 27.4 Å². The fourth-order valence-corrected chi connectivity index (χ4v) is 2.77. The van der Waals surface area contributed by atoms with Gasteiger partial charge in [0.05, 0.1) is 26.4 Å². The highest BCUT2D eigenvalue weighted by Crippen LogP contribution is 2.29. The van der Waals surface area contributed by atoms with Crippen LogP contribution < -0.4 is 14.8 Å². The summed E-state index contributed by atoms with van der Waals surface area (Å²) in [7, 11) is 3.13. The zero-order valence-corrected chi connectivity index (χ0v) is 17.6. The Morgan fingerprint density at radius 3 is 2.41 bits per heavy atom. The molecular formula is C23H31NO5. The van der Waals surface area contributed by atoms with Crippen molar-refractivity contribution in [1.82, 2.24) is 5.32 Å². The third-order valence-corrected chi connectivity index (χ3v) is 4.26. The van der Waals surface area contributed by atoms with Gasteiger partial charge in [0.15, 0.2) is 17.6 Å². The number of carbonyl (C=O) groups is 1. The van der Waals surface area contributed by atoms with Crippen LogP contribution >= 0.6 is 0 Å². The van der Waals surface area contributed by atoms with Gasteiger partial charge in [0.2, 0.25) is 0 Å². The number of hydrogen-bond donors (Lipinski definition) is 1. The first-order chi connectivity index (χ1) is 14.0. The van der Waals surface area contributed by atoms with Crippen LogP contribution in [0.1, 0.15) is 25.0 Å². The maximum absolute atomic E-state index is 12.3. The maximum Gasteiger partial charge on any atom is 0.251 e. The van der Waals surface area contributed by atoms with Crippen molar-refractivity contribution < 1.29 is 23.7 Å². The highest BCUT2D eigenvalue weighted by molar-refractivity contribution is 5.80. The second-order valence-electron chi connectivity index (χ2n) is 6.92. The van der Waals surface area contributed by atoms with E-state index in [-0.39, 0.29) is 18.6 Å². The number of methoxy groups -OCH3 is 2. The number of carbonyl (C=O) groups excluding carboxylic acids is 1. The number of rotatable bonds is 12. The summed E-state index contributed by atoms with van der Waals surface area (Å²) < 4.78 is 22.0. The third-order valence-electron chi connectivity index (χ3n) is 4.26. The van der Waals surface area contributed by atoms with Gasteiger partial charge in [-0.3, -0.25) is 4.79 Å². The minimum atomic E-state index is -0.643. The van der Waals surface area contributed by atoms with Gasteiger partial charge in [0.1, 0.15) is 0 Å². The largest absolute Gasteiger partial charge is 0.493 e. The van der Waals surface area contributed by atoms with E-state index in [1.807, 2.05) is 62.4 Å². The smallest absolute Gasteiger partial charge is 0.251 e. The first-order valence-corrected chi connectivity index (χ1v) is 9.79. The van der Waals surface area contributed by atoms with Gasteiger partial charge in [-0.15, -0.1) is 0 Å². The lowest BCUT2D eigenvalue weighted by Gasteiger charge is -2.16. The summed E-state index contributed by atoms with van der Waals surface area (Å²) in [6.07, 6.45) is 0.102. The lowest BCUT2D eigenvalue weighted by atomic mass is 10.1. The Morgan fingerprint density at radius 2 is 1.76 bits per heavy atom. The van der Waals surface area contributed by atoms with Crippen LogP contribution in [0.5, 0.6) is 11.5 Å². The molecule has 0 aliphatic rings. The van der Waals surface area contributed by atoms with E-state index in [2.05, 4.69) is 5.32 Å². The minimum absolute atomic E-state index is 0.0733. The molecule has 0 bridgehead atoms. The lowest BCUT2D eigenvalue weighted by Crippen LogP contribution is -2.39. The summed E-state index contributed by atoms with van der Waals surface area (Å²) in [6, 6.07) is 15.6. The molecule has 0 aliphatic carbocycles. The normalized spacial score (nSPS) is 11.9. The predicted octanol–water partition coefficient (Wildman–Crippen LogP) is 3.37. The van der Waals surface area contributed by atoms with Gasteiger partial charge >= 0.3 is 0 Å². The lowest BCUT2D eigenvalue weighted by molar-refractivity contribution is -0.135. The molecule has 0 aliphatic heterocycles. The molecule has 0 heterocycles. The van der Waals surface area contributed by atoms with Crippen LogP contribution in [-0.4, -0.2) is 45.5 Å². The Morgan fingerprint density at radius 1 is 1.00 bits per heavy atom. The number of amides is 1. The van der Waals surface area contributed by atoms with Gasteiger partial charge in [0, 0.05) is 13.7 Å². The Hall–Kier alpha value is -2.57. The van der Waals surface area contributed by atoms with Crippen LogP contribution in [-0.2, 0) is 27.3 Å². The molecule has 1 atom stereocenters. The Kier molecular flexibility index (Phi) is 9.47. The molecule has 2 aromatic carbocycles. The van der Waals surface area contributed by atoms with E-state index in [1.54, 1.807) is 7.11 Å². The first kappa shape index (κ1) is 22.7. The molecule has 6 nitrogen and oxygen atoms in total. The molecular weight excluding hydrogens is 370 g/mol. The summed E-state index contributed by atoms with van der Waals surface area (Å²) in [5.41, 5.74) is 2.11. The van der Waals surface area contributed by atoms with E-state index >= 15 is 0 Å². The summed E-state index contributed by atoms with van der Waals surface area (Å²) in [5, 5.41) is 2.90. The minimum Gasteiger partial charge on any atom is -0.493 e. The second kappa shape index (κ2) is 12.1. The summed E-state index contributed by atoms with van der Waals surface area (Å²) >= 11 is 0. The van der Waals surface area contributed by atoms with Gasteiger partial charge in [-0.2, -0.15) is 0 Å². The van der Waals surface area contributed by atoms with Crippen LogP contribution in [0, 0.1) is 0 Å². The van der Waals surface area contributed by atoms with Crippen molar-refractivity contribution in [2.24, 2.45) is 0 Å². The molecule has 2 aromatic rings. The summed E-state index contributed by atoms with van der Waals surface area (Å²) in [6.45, 7) is 5.08. The van der Waals surface area contributed by atoms with E-state index < -0.39 is 6.10 Å². The third kappa shape index (κ3) is 7.75. The molecule has 6 heteroatoms. The van der Waals surface area contributed by atoms with E-state index in [1.165, 1.54) is 7.11 Å². The maximum atomic E-state index is 12.3. The first-order valence-electron chi connectivity index (χ1n) is 9.79. The van der Waals surface area contributed by atoms with Gasteiger partial charge in [-0.05, 0) is 43.5 Å². The summed E-state index contributed by atoms with van der Waals surface area (Å²) in [4.78, 5) is 12.3. The molecule has 0 aromatic heterocycles. The van der Waals surface area contributed by atoms with Crippen LogP contribution in [0.4, 0.5) is 0 Å². The quantitative estimate of drug-likeness (QED) is 0.591. The molecule has 0 saturated heterocycles. The zero-order chi connectivity index (χ0) is 21.1. The highest BCUT2D eigenvalue weighted by Gasteiger charge is 2.17. The average molecular weight is 402 g/mol. The van der Waals surface area contributed by atoms with Crippen LogP contribution in [0.25, 0.3) is 0 Å². The number of hydrogen-bond acceptors (Lipinski definition) is 5. The number of nitrogens with one attached hydrogen (secondary N) is 1. The van der Waals surface area contributed by atoms with E-state index in [0.29, 0.717) is 31.1 Å². The van der Waals surface area contributed by atoms with Crippen molar-refractivity contribution in [3.63, 3.8) is 0 Å². The molecule has 2 rings (SSSR count). The monoisotopic (exact) mass is 401 g/mol. The van der Waals surface area contributed by atoms with Crippen LogP contribution in [0.3, 0.4) is 0 Å². The van der Waals surface area contributed by atoms with E-state index in [4.69, 9.17) is 18.9 Å². The van der Waals surface area contributed by atoms with Gasteiger partial charge < -0.3 is 24.3 Å². The Balaban J connectivity index is 1.78. The SMILES string of the molecule is COc1cc(CCNC(=O)C(COCc2ccccc2)OC)ccc1OC(C)C. The highest BCUT2D eigenvalue weighted by atomic mass is 16.5. The topological polar surface area (TPSA) is 66.0 Å². The zero-order valence-electron chi connectivity index (χ0n) is 17.6. The molecule has 0 radical (unpaired) electrons. The van der Waals surface area contributed by atoms with Crippen LogP contribution in [0.2, 0.25) is 0 Å². The number of benzene rings is 2. The Bertz CT molecular complexity index is 748. The van der Waals surface area contributed by atoms with Crippen molar-refractivity contribution in [3.8, 4) is 11.5 Å². The molecule has 0 saturated carbocycles. The molecule has 0 spiro atoms. The summed E-state index contributed by atoms with van der Waals surface area (Å²) in [5.74, 6) is 1.21. The Labute approximate surface area is 173 Å². The van der Waals surface area contributed by atoms with Gasteiger partial charge in [0.25, 0.3) is 5.91 Å². The van der Waals surface area contributed by atoms with E-state index in [9.17, 15) is 4.79 Å². The average Bonchev–Trinajstić information content (AvgIpc) is 2.72. The predicted molar refractivity (Wildman–Crippen MR) is 112 cm³/mol. The second-order valence-corrected chi connectivity index (χ2v) is 6.92. The van der Waals surface area contributed by atoms with Crippen molar-refractivity contribution in [1.29, 1.82) is 0 Å². The van der Waals surface area contributed by atoms with Crippen LogP contribution in [0.15, 0.2) is 48.5 Å². The fourth-order valence-electron chi connectivity index (χ4n) is 2.77. The standard InChI is InChI=1S/C23H31NO5/c1-17(2)29-20-11-10-18(14-21(20)26-3)12-13-24-23(25)22(27-4)16-28-15-19-8-6-5-7-9-19/h5-11,14,17,22H,12-13,15-16H2,1-4H3,(H,24,25). The van der Waals surface area contributed by atoms with E-state index in [0.717, 1.165) is 11.1 Å². The van der Waals surface area contributed by atoms with Gasteiger partial charge in [-0.25, -0.2) is 0 Å². The van der Waals surface area contributed by atoms with Crippen molar-refractivity contribution in [3.05, 3.63) is 59.7 Å². The fraction of sp³-hybridized carbons (Fsp3) is 0.435. The molecule has 158 valence electrons. The molecule has 0 fully saturated rings. The van der Waals surface area contributed by atoms with Gasteiger partial charge in [-0.1, -0.05) is 36.4 Å². The number of ether oxygens (including phenoxy) is 4.